The fourth-order valence-corrected chi connectivity index (χ4v) is 5.26. The molecule has 13 heteroatoms. The molecule has 45 heavy (non-hydrogen) atoms. The van der Waals surface area contributed by atoms with Crippen LogP contribution >= 0.6 is 0 Å². The van der Waals surface area contributed by atoms with E-state index in [1.165, 1.54) is 39.2 Å². The highest BCUT2D eigenvalue weighted by molar-refractivity contribution is 6.03. The highest BCUT2D eigenvalue weighted by Crippen LogP contribution is 2.41. The minimum absolute atomic E-state index is 0.0292. The molecule has 0 spiro atoms. The second-order valence-corrected chi connectivity index (χ2v) is 11.7. The number of morpholine rings is 1. The van der Waals surface area contributed by atoms with Gasteiger partial charge in [-0.1, -0.05) is 6.07 Å². The molecule has 0 atom stereocenters. The third-order valence-corrected chi connectivity index (χ3v) is 8.10. The highest BCUT2D eigenvalue weighted by Gasteiger charge is 2.41. The lowest BCUT2D eigenvalue weighted by molar-refractivity contribution is -0.143. The molecule has 6 nitrogen and oxygen atoms in total. The summed E-state index contributed by atoms with van der Waals surface area (Å²) in [6, 6.07) is 7.04. The molecule has 1 aliphatic heterocycles. The summed E-state index contributed by atoms with van der Waals surface area (Å²) in [6.45, 7) is 8.51. The van der Waals surface area contributed by atoms with Crippen molar-refractivity contribution in [2.45, 2.75) is 38.5 Å². The zero-order valence-corrected chi connectivity index (χ0v) is 25.6. The van der Waals surface area contributed by atoms with Crippen LogP contribution in [0.15, 0.2) is 48.7 Å². The number of carbonyl (C=O) groups excluding carboxylic acids is 1. The van der Waals surface area contributed by atoms with Crippen LogP contribution in [0.1, 0.15) is 36.1 Å². The number of hydrogen-bond donors (Lipinski definition) is 0. The molecule has 1 aromatic heterocycles. The Bertz CT molecular complexity index is 1500. The van der Waals surface area contributed by atoms with Gasteiger partial charge in [-0.15, -0.1) is 0 Å². The predicted molar refractivity (Wildman–Crippen MR) is 158 cm³/mol. The number of halogens is 7. The van der Waals surface area contributed by atoms with E-state index in [1.54, 1.807) is 19.1 Å². The number of pyridine rings is 1. The maximum Gasteiger partial charge on any atom is 0.416 e. The maximum absolute atomic E-state index is 14.1. The Balaban J connectivity index is 1.74. The molecule has 4 rings (SSSR count). The van der Waals surface area contributed by atoms with Crippen molar-refractivity contribution in [2.75, 3.05) is 63.3 Å². The van der Waals surface area contributed by atoms with E-state index < -0.39 is 46.2 Å². The first-order valence-corrected chi connectivity index (χ1v) is 14.3. The van der Waals surface area contributed by atoms with E-state index in [1.807, 2.05) is 11.9 Å². The van der Waals surface area contributed by atoms with Crippen molar-refractivity contribution < 1.29 is 40.3 Å². The average Bonchev–Trinajstić information content (AvgIpc) is 2.98. The van der Waals surface area contributed by atoms with Crippen LogP contribution in [0.4, 0.5) is 42.2 Å². The summed E-state index contributed by atoms with van der Waals surface area (Å²) in [4.78, 5) is 23.8. The standard InChI is InChI=1S/C32H35F7N4O2/c1-20-14-24(33)6-7-25(20)26-18-28(41(4)8-9-43-10-12-45-13-11-43)40-19-27(26)42(5)29(44)30(2,3)21-15-22(31(34,35)36)17-23(16-21)32(37,38)39/h6-7,14-19H,8-13H2,1-5H3. The van der Waals surface area contributed by atoms with Crippen LogP contribution < -0.4 is 9.80 Å². The lowest BCUT2D eigenvalue weighted by Gasteiger charge is -2.32. The molecule has 2 heterocycles. The lowest BCUT2D eigenvalue weighted by Crippen LogP contribution is -2.42. The van der Waals surface area contributed by atoms with Crippen molar-refractivity contribution in [2.24, 2.45) is 0 Å². The quantitative estimate of drug-likeness (QED) is 0.250. The number of likely N-dealkylation sites (N-methyl/N-ethyl adjacent to an activating group) is 2. The summed E-state index contributed by atoms with van der Waals surface area (Å²) in [5.41, 5.74) is -3.43. The van der Waals surface area contributed by atoms with Crippen LogP contribution in [0.2, 0.25) is 0 Å². The van der Waals surface area contributed by atoms with Crippen molar-refractivity contribution in [1.82, 2.24) is 9.88 Å². The molecule has 0 bridgehead atoms. The fourth-order valence-electron chi connectivity index (χ4n) is 5.26. The minimum atomic E-state index is -5.07. The maximum atomic E-state index is 14.1. The second-order valence-electron chi connectivity index (χ2n) is 11.7. The van der Waals surface area contributed by atoms with E-state index in [-0.39, 0.29) is 11.8 Å². The first-order chi connectivity index (χ1) is 20.9. The number of alkyl halides is 6. The van der Waals surface area contributed by atoms with Gasteiger partial charge in [-0.3, -0.25) is 9.69 Å². The molecule has 0 saturated carbocycles. The molecule has 2 aromatic carbocycles. The topological polar surface area (TPSA) is 48.9 Å². The second kappa shape index (κ2) is 13.0. The van der Waals surface area contributed by atoms with Gasteiger partial charge >= 0.3 is 12.4 Å². The van der Waals surface area contributed by atoms with Gasteiger partial charge in [0.25, 0.3) is 0 Å². The number of aromatic nitrogens is 1. The Morgan fingerprint density at radius 1 is 0.889 bits per heavy atom. The van der Waals surface area contributed by atoms with Crippen LogP contribution in [0.3, 0.4) is 0 Å². The summed E-state index contributed by atoms with van der Waals surface area (Å²) in [5.74, 6) is -0.685. The predicted octanol–water partition coefficient (Wildman–Crippen LogP) is 6.94. The Hall–Kier alpha value is -3.71. The molecule has 1 amide bonds. The number of hydrogen-bond acceptors (Lipinski definition) is 5. The Kier molecular flexibility index (Phi) is 9.84. The molecule has 244 valence electrons. The Labute approximate surface area is 257 Å². The van der Waals surface area contributed by atoms with Crippen molar-refractivity contribution in [3.8, 4) is 11.1 Å². The van der Waals surface area contributed by atoms with Crippen LogP contribution in [-0.4, -0.2) is 69.3 Å². The monoisotopic (exact) mass is 640 g/mol. The molecule has 1 saturated heterocycles. The van der Waals surface area contributed by atoms with Crippen LogP contribution in [0.25, 0.3) is 11.1 Å². The van der Waals surface area contributed by atoms with Crippen LogP contribution in [0.5, 0.6) is 0 Å². The van der Waals surface area contributed by atoms with Gasteiger partial charge in [0.1, 0.15) is 11.6 Å². The highest BCUT2D eigenvalue weighted by atomic mass is 19.4. The van der Waals surface area contributed by atoms with Crippen LogP contribution in [0, 0.1) is 12.7 Å². The zero-order valence-electron chi connectivity index (χ0n) is 25.6. The largest absolute Gasteiger partial charge is 0.416 e. The first kappa shape index (κ1) is 34.2. The Morgan fingerprint density at radius 3 is 2.02 bits per heavy atom. The van der Waals surface area contributed by atoms with Crippen molar-refractivity contribution in [1.29, 1.82) is 0 Å². The number of rotatable bonds is 8. The molecule has 0 aliphatic carbocycles. The van der Waals surface area contributed by atoms with E-state index in [0.29, 0.717) is 54.4 Å². The van der Waals surface area contributed by atoms with Gasteiger partial charge in [-0.25, -0.2) is 9.37 Å². The average molecular weight is 641 g/mol. The molecule has 1 aliphatic rings. The molecule has 1 fully saturated rings. The third kappa shape index (κ3) is 7.75. The number of ether oxygens (including phenoxy) is 1. The van der Waals surface area contributed by atoms with Gasteiger partial charge in [0.15, 0.2) is 0 Å². The van der Waals surface area contributed by atoms with E-state index in [4.69, 9.17) is 4.74 Å². The number of anilines is 2. The third-order valence-electron chi connectivity index (χ3n) is 8.10. The SMILES string of the molecule is Cc1cc(F)ccc1-c1cc(N(C)CCN2CCOCC2)ncc1N(C)C(=O)C(C)(C)c1cc(C(F)(F)F)cc(C(F)(F)F)c1. The number of aryl methyl sites for hydroxylation is 1. The normalized spacial score (nSPS) is 14.8. The zero-order chi connectivity index (χ0) is 33.3. The number of nitrogens with zero attached hydrogens (tertiary/aromatic N) is 4. The van der Waals surface area contributed by atoms with Gasteiger partial charge < -0.3 is 14.5 Å². The first-order valence-electron chi connectivity index (χ1n) is 14.3. The Morgan fingerprint density at radius 2 is 1.47 bits per heavy atom. The molecule has 3 aromatic rings. The van der Waals surface area contributed by atoms with Gasteiger partial charge in [0.2, 0.25) is 5.91 Å². The lowest BCUT2D eigenvalue weighted by atomic mass is 9.81. The van der Waals surface area contributed by atoms with Crippen molar-refractivity contribution in [3.05, 3.63) is 76.7 Å². The summed E-state index contributed by atoms with van der Waals surface area (Å²) < 4.78 is 101. The van der Waals surface area contributed by atoms with E-state index >= 15 is 0 Å². The summed E-state index contributed by atoms with van der Waals surface area (Å²) in [6.07, 6.45) is -8.70. The van der Waals surface area contributed by atoms with Crippen LogP contribution in [-0.2, 0) is 27.3 Å². The van der Waals surface area contributed by atoms with E-state index in [2.05, 4.69) is 9.88 Å². The number of amides is 1. The van der Waals surface area contributed by atoms with Gasteiger partial charge in [-0.05, 0) is 73.9 Å². The van der Waals surface area contributed by atoms with Gasteiger partial charge in [-0.2, -0.15) is 26.3 Å². The molecular formula is C32H35F7N4O2. The molecular weight excluding hydrogens is 605 g/mol. The minimum Gasteiger partial charge on any atom is -0.379 e. The number of carbonyl (C=O) groups is 1. The number of benzene rings is 2. The van der Waals surface area contributed by atoms with Crippen molar-refractivity contribution in [3.63, 3.8) is 0 Å². The molecule has 0 radical (unpaired) electrons. The fraction of sp³-hybridized carbons (Fsp3) is 0.438. The van der Waals surface area contributed by atoms with Gasteiger partial charge in [0, 0.05) is 45.8 Å². The summed E-state index contributed by atoms with van der Waals surface area (Å²) in [5, 5.41) is 0. The van der Waals surface area contributed by atoms with Gasteiger partial charge in [0.05, 0.1) is 41.6 Å². The summed E-state index contributed by atoms with van der Waals surface area (Å²) in [7, 11) is 3.23. The molecule has 0 N–H and O–H groups in total. The van der Waals surface area contributed by atoms with E-state index in [9.17, 15) is 35.5 Å². The smallest absolute Gasteiger partial charge is 0.379 e. The van der Waals surface area contributed by atoms with E-state index in [0.717, 1.165) is 24.5 Å². The summed E-state index contributed by atoms with van der Waals surface area (Å²) >= 11 is 0. The molecule has 0 unspecified atom stereocenters. The van der Waals surface area contributed by atoms with Crippen molar-refractivity contribution >= 4 is 17.4 Å².